The van der Waals surface area contributed by atoms with Crippen LogP contribution in [0.3, 0.4) is 0 Å². The van der Waals surface area contributed by atoms with Gasteiger partial charge in [-0.15, -0.1) is 0 Å². The minimum absolute atomic E-state index is 0.228. The molecule has 0 aromatic heterocycles. The summed E-state index contributed by atoms with van der Waals surface area (Å²) >= 11 is 3.55. The number of nitrogens with zero attached hydrogens (tertiary/aromatic N) is 1. The smallest absolute Gasteiger partial charge is 0.133 e. The lowest BCUT2D eigenvalue weighted by Crippen LogP contribution is -2.48. The molecule has 2 unspecified atom stereocenters. The summed E-state index contributed by atoms with van der Waals surface area (Å²) in [6, 6.07) is 6.87. The van der Waals surface area contributed by atoms with Crippen molar-refractivity contribution in [1.82, 2.24) is 4.90 Å². The van der Waals surface area contributed by atoms with Crippen LogP contribution in [-0.4, -0.2) is 44.4 Å². The molecule has 20 heavy (non-hydrogen) atoms. The minimum atomic E-state index is 0.228. The van der Waals surface area contributed by atoms with Crippen molar-refractivity contribution in [1.29, 1.82) is 0 Å². The van der Waals surface area contributed by atoms with Crippen molar-refractivity contribution in [2.75, 3.05) is 33.4 Å². The number of hydrogen-bond donors (Lipinski definition) is 1. The van der Waals surface area contributed by atoms with Crippen molar-refractivity contribution in [3.8, 4) is 5.75 Å². The van der Waals surface area contributed by atoms with Gasteiger partial charge >= 0.3 is 0 Å². The molecule has 2 N–H and O–H groups in total. The third-order valence-electron chi connectivity index (χ3n) is 3.93. The second-order valence-electron chi connectivity index (χ2n) is 5.02. The number of halogens is 1. The Morgan fingerprint density at radius 3 is 2.95 bits per heavy atom. The molecule has 0 spiro atoms. The number of hydrogen-bond acceptors (Lipinski definition) is 4. The van der Waals surface area contributed by atoms with Gasteiger partial charge in [0.25, 0.3) is 0 Å². The van der Waals surface area contributed by atoms with E-state index in [2.05, 4.69) is 39.9 Å². The van der Waals surface area contributed by atoms with E-state index in [0.717, 1.165) is 36.4 Å². The number of rotatable bonds is 5. The molecule has 0 radical (unpaired) electrons. The van der Waals surface area contributed by atoms with Crippen LogP contribution in [0.1, 0.15) is 24.9 Å². The highest BCUT2D eigenvalue weighted by atomic mass is 79.9. The van der Waals surface area contributed by atoms with Crippen molar-refractivity contribution < 1.29 is 9.47 Å². The Labute approximate surface area is 129 Å². The molecule has 1 aliphatic heterocycles. The Balaban J connectivity index is 2.24. The van der Waals surface area contributed by atoms with Gasteiger partial charge in [-0.2, -0.15) is 0 Å². The highest BCUT2D eigenvalue weighted by molar-refractivity contribution is 9.10. The number of morpholine rings is 1. The maximum atomic E-state index is 6.04. The van der Waals surface area contributed by atoms with E-state index in [4.69, 9.17) is 15.2 Å². The summed E-state index contributed by atoms with van der Waals surface area (Å²) in [5, 5.41) is 0. The zero-order valence-electron chi connectivity index (χ0n) is 12.1. The largest absolute Gasteiger partial charge is 0.496 e. The maximum Gasteiger partial charge on any atom is 0.133 e. The monoisotopic (exact) mass is 342 g/mol. The Hall–Kier alpha value is -0.620. The Morgan fingerprint density at radius 1 is 1.55 bits per heavy atom. The zero-order valence-corrected chi connectivity index (χ0v) is 13.7. The molecule has 0 bridgehead atoms. The third-order valence-corrected chi connectivity index (χ3v) is 4.55. The number of methoxy groups -OCH3 is 1. The molecule has 2 rings (SSSR count). The molecule has 112 valence electrons. The number of nitrogens with two attached hydrogens (primary N) is 1. The second-order valence-corrected chi connectivity index (χ2v) is 5.87. The molecule has 1 saturated heterocycles. The molecule has 1 fully saturated rings. The van der Waals surface area contributed by atoms with Gasteiger partial charge < -0.3 is 15.2 Å². The average molecular weight is 343 g/mol. The van der Waals surface area contributed by atoms with Crippen LogP contribution in [0.15, 0.2) is 22.7 Å². The van der Waals surface area contributed by atoms with E-state index in [1.807, 2.05) is 6.07 Å². The van der Waals surface area contributed by atoms with Crippen molar-refractivity contribution >= 4 is 15.9 Å². The number of benzene rings is 1. The molecule has 2 atom stereocenters. The summed E-state index contributed by atoms with van der Waals surface area (Å²) in [7, 11) is 1.68. The third kappa shape index (κ3) is 3.34. The van der Waals surface area contributed by atoms with Gasteiger partial charge in [-0.3, -0.25) is 4.90 Å². The van der Waals surface area contributed by atoms with E-state index >= 15 is 0 Å². The van der Waals surface area contributed by atoms with E-state index < -0.39 is 0 Å². The first kappa shape index (κ1) is 15.8. The quantitative estimate of drug-likeness (QED) is 0.893. The van der Waals surface area contributed by atoms with Gasteiger partial charge in [0, 0.05) is 25.2 Å². The van der Waals surface area contributed by atoms with Crippen molar-refractivity contribution in [2.24, 2.45) is 5.73 Å². The van der Waals surface area contributed by atoms with Crippen molar-refractivity contribution in [3.63, 3.8) is 0 Å². The average Bonchev–Trinajstić information content (AvgIpc) is 2.49. The molecule has 0 amide bonds. The first-order chi connectivity index (χ1) is 9.71. The van der Waals surface area contributed by atoms with Crippen LogP contribution < -0.4 is 10.5 Å². The van der Waals surface area contributed by atoms with Gasteiger partial charge in [0.05, 0.1) is 24.8 Å². The SMILES string of the molecule is CCC1COCCN1C(CN)c1ccc(OC)c(Br)c1. The minimum Gasteiger partial charge on any atom is -0.496 e. The molecule has 0 saturated carbocycles. The van der Waals surface area contributed by atoms with Gasteiger partial charge in [-0.25, -0.2) is 0 Å². The van der Waals surface area contributed by atoms with Crippen LogP contribution in [-0.2, 0) is 4.74 Å². The van der Waals surface area contributed by atoms with Gasteiger partial charge in [0.2, 0.25) is 0 Å². The van der Waals surface area contributed by atoms with E-state index in [1.165, 1.54) is 5.56 Å². The standard InChI is InChI=1S/C15H23BrN2O2/c1-3-12-10-20-7-6-18(12)14(9-17)11-4-5-15(19-2)13(16)8-11/h4-5,8,12,14H,3,6-7,9-10,17H2,1-2H3. The van der Waals surface area contributed by atoms with Gasteiger partial charge in [0.1, 0.15) is 5.75 Å². The predicted molar refractivity (Wildman–Crippen MR) is 84.1 cm³/mol. The van der Waals surface area contributed by atoms with Crippen LogP contribution in [0, 0.1) is 0 Å². The van der Waals surface area contributed by atoms with Crippen LogP contribution in [0.25, 0.3) is 0 Å². The summed E-state index contributed by atoms with van der Waals surface area (Å²) in [4.78, 5) is 2.47. The van der Waals surface area contributed by atoms with Crippen LogP contribution in [0.4, 0.5) is 0 Å². The molecular weight excluding hydrogens is 320 g/mol. The first-order valence-electron chi connectivity index (χ1n) is 7.08. The molecule has 1 aromatic rings. The lowest BCUT2D eigenvalue weighted by Gasteiger charge is -2.40. The second kappa shape index (κ2) is 7.41. The molecule has 5 heteroatoms. The van der Waals surface area contributed by atoms with Gasteiger partial charge in [-0.05, 0) is 40.0 Å². The van der Waals surface area contributed by atoms with Crippen molar-refractivity contribution in [3.05, 3.63) is 28.2 Å². The zero-order chi connectivity index (χ0) is 14.5. The summed E-state index contributed by atoms with van der Waals surface area (Å²) < 4.78 is 11.8. The summed E-state index contributed by atoms with van der Waals surface area (Å²) in [5.74, 6) is 0.846. The van der Waals surface area contributed by atoms with Crippen LogP contribution >= 0.6 is 15.9 Å². The van der Waals surface area contributed by atoms with E-state index in [1.54, 1.807) is 7.11 Å². The predicted octanol–water partition coefficient (Wildman–Crippen LogP) is 2.57. The Morgan fingerprint density at radius 2 is 2.35 bits per heavy atom. The lowest BCUT2D eigenvalue weighted by atomic mass is 10.0. The van der Waals surface area contributed by atoms with Gasteiger partial charge in [-0.1, -0.05) is 13.0 Å². The normalized spacial score (nSPS) is 21.7. The van der Waals surface area contributed by atoms with Gasteiger partial charge in [0.15, 0.2) is 0 Å². The fraction of sp³-hybridized carbons (Fsp3) is 0.600. The highest BCUT2D eigenvalue weighted by Crippen LogP contribution is 2.31. The Kier molecular flexibility index (Phi) is 5.84. The molecular formula is C15H23BrN2O2. The highest BCUT2D eigenvalue weighted by Gasteiger charge is 2.28. The van der Waals surface area contributed by atoms with E-state index in [0.29, 0.717) is 12.6 Å². The number of ether oxygens (including phenoxy) is 2. The summed E-state index contributed by atoms with van der Waals surface area (Å²) in [5.41, 5.74) is 7.27. The topological polar surface area (TPSA) is 47.7 Å². The molecule has 1 heterocycles. The van der Waals surface area contributed by atoms with Crippen LogP contribution in [0.2, 0.25) is 0 Å². The molecule has 4 nitrogen and oxygen atoms in total. The maximum absolute atomic E-state index is 6.04. The molecule has 0 aliphatic carbocycles. The Bertz CT molecular complexity index is 442. The fourth-order valence-electron chi connectivity index (χ4n) is 2.78. The van der Waals surface area contributed by atoms with E-state index in [-0.39, 0.29) is 6.04 Å². The first-order valence-corrected chi connectivity index (χ1v) is 7.87. The molecule has 1 aromatic carbocycles. The lowest BCUT2D eigenvalue weighted by molar-refractivity contribution is -0.0291. The van der Waals surface area contributed by atoms with Crippen molar-refractivity contribution in [2.45, 2.75) is 25.4 Å². The van der Waals surface area contributed by atoms with E-state index in [9.17, 15) is 0 Å². The summed E-state index contributed by atoms with van der Waals surface area (Å²) in [6.07, 6.45) is 1.08. The molecule has 1 aliphatic rings. The van der Waals surface area contributed by atoms with Crippen LogP contribution in [0.5, 0.6) is 5.75 Å². The fourth-order valence-corrected chi connectivity index (χ4v) is 3.34. The summed E-state index contributed by atoms with van der Waals surface area (Å²) in [6.45, 7) is 5.32.